The van der Waals surface area contributed by atoms with Gasteiger partial charge in [-0.15, -0.1) is 10.2 Å². The fourth-order valence-electron chi connectivity index (χ4n) is 4.91. The number of piperazine rings is 1. The van der Waals surface area contributed by atoms with Crippen molar-refractivity contribution in [1.29, 1.82) is 0 Å². The van der Waals surface area contributed by atoms with E-state index in [1.165, 1.54) is 26.8 Å². The maximum atomic E-state index is 13.7. The van der Waals surface area contributed by atoms with Crippen LogP contribution in [0.3, 0.4) is 0 Å². The Kier molecular flexibility index (Phi) is 8.36. The molecule has 2 amide bonds. The van der Waals surface area contributed by atoms with Crippen molar-refractivity contribution in [1.82, 2.24) is 19.8 Å². The minimum atomic E-state index is -3.87. The number of aromatic nitrogens is 2. The minimum absolute atomic E-state index is 0.0383. The molecule has 5 rings (SSSR count). The highest BCUT2D eigenvalue weighted by Crippen LogP contribution is 2.33. The summed E-state index contributed by atoms with van der Waals surface area (Å²) in [5.41, 5.74) is 2.61. The Morgan fingerprint density at radius 2 is 1.60 bits per heavy atom. The lowest BCUT2D eigenvalue weighted by Crippen LogP contribution is -2.49. The second kappa shape index (κ2) is 12.0. The van der Waals surface area contributed by atoms with Crippen LogP contribution >= 0.6 is 0 Å². The number of sulfonamides is 1. The number of fused-ring (bicyclic) bond motifs is 1. The van der Waals surface area contributed by atoms with Crippen LogP contribution in [0.5, 0.6) is 5.75 Å². The number of amides is 2. The zero-order valence-electron chi connectivity index (χ0n) is 24.7. The van der Waals surface area contributed by atoms with Crippen LogP contribution in [-0.2, 0) is 10.0 Å². The van der Waals surface area contributed by atoms with Crippen molar-refractivity contribution in [2.45, 2.75) is 32.4 Å². The summed E-state index contributed by atoms with van der Waals surface area (Å²) in [4.78, 5) is 30.0. The zero-order chi connectivity index (χ0) is 30.8. The minimum Gasteiger partial charge on any atom is -0.494 e. The predicted octanol–water partition coefficient (Wildman–Crippen LogP) is 4.52. The van der Waals surface area contributed by atoms with Gasteiger partial charge < -0.3 is 14.5 Å². The molecule has 0 spiro atoms. The molecule has 0 saturated carbocycles. The molecule has 10 nitrogen and oxygen atoms in total. The molecule has 4 aromatic rings. The maximum absolute atomic E-state index is 13.7. The molecule has 2 heterocycles. The van der Waals surface area contributed by atoms with Gasteiger partial charge in [-0.1, -0.05) is 42.5 Å². The summed E-state index contributed by atoms with van der Waals surface area (Å²) < 4.78 is 31.2. The number of ether oxygens (including phenoxy) is 1. The van der Waals surface area contributed by atoms with Gasteiger partial charge in [-0.2, -0.15) is 0 Å². The van der Waals surface area contributed by atoms with Crippen molar-refractivity contribution in [3.05, 3.63) is 84.1 Å². The van der Waals surface area contributed by atoms with E-state index in [1.54, 1.807) is 6.07 Å². The SMILES string of the molecule is CCOc1cccc(-c2ccc(C(=O)N3CCN(c4ccc(C(=O)NS(=O)(=O)C(C)(C)C)nn4)CC3)c3ccccc23)c1. The van der Waals surface area contributed by atoms with Crippen LogP contribution in [0.1, 0.15) is 48.5 Å². The molecule has 1 fully saturated rings. The van der Waals surface area contributed by atoms with Gasteiger partial charge in [0.25, 0.3) is 11.8 Å². The first-order valence-electron chi connectivity index (χ1n) is 14.2. The lowest BCUT2D eigenvalue weighted by Gasteiger charge is -2.35. The van der Waals surface area contributed by atoms with Gasteiger partial charge >= 0.3 is 0 Å². The lowest BCUT2D eigenvalue weighted by atomic mass is 9.94. The van der Waals surface area contributed by atoms with Gasteiger partial charge in [0, 0.05) is 31.7 Å². The second-order valence-corrected chi connectivity index (χ2v) is 13.7. The topological polar surface area (TPSA) is 122 Å². The Hall–Kier alpha value is -4.51. The summed E-state index contributed by atoms with van der Waals surface area (Å²) in [6.45, 7) is 9.09. The van der Waals surface area contributed by atoms with Gasteiger partial charge in [-0.3, -0.25) is 9.59 Å². The number of nitrogens with zero attached hydrogens (tertiary/aromatic N) is 4. The third kappa shape index (κ3) is 6.31. The molecule has 1 N–H and O–H groups in total. The smallest absolute Gasteiger partial charge is 0.285 e. The quantitative estimate of drug-likeness (QED) is 0.328. The molecular weight excluding hydrogens is 566 g/mol. The van der Waals surface area contributed by atoms with E-state index in [2.05, 4.69) is 10.2 Å². The van der Waals surface area contributed by atoms with E-state index in [9.17, 15) is 18.0 Å². The van der Waals surface area contributed by atoms with E-state index in [0.29, 0.717) is 44.2 Å². The summed E-state index contributed by atoms with van der Waals surface area (Å²) in [7, 11) is -3.87. The fourth-order valence-corrected chi connectivity index (χ4v) is 5.56. The Bertz CT molecular complexity index is 1760. The van der Waals surface area contributed by atoms with Gasteiger partial charge in [0.2, 0.25) is 10.0 Å². The van der Waals surface area contributed by atoms with Crippen molar-refractivity contribution in [2.75, 3.05) is 37.7 Å². The van der Waals surface area contributed by atoms with Crippen LogP contribution in [-0.4, -0.2) is 72.9 Å². The average Bonchev–Trinajstić information content (AvgIpc) is 3.00. The molecule has 0 aliphatic carbocycles. The molecule has 1 aliphatic heterocycles. The standard InChI is InChI=1S/C32H35N5O5S/c1-5-42-23-10-8-9-22(21-23)24-13-14-27(26-12-7-6-11-25(24)26)31(39)37-19-17-36(18-20-37)29-16-15-28(33-34-29)30(38)35-43(40,41)32(2,3)4/h6-16,21H,5,17-20H2,1-4H3,(H,35,38). The Labute approximate surface area is 251 Å². The molecule has 0 bridgehead atoms. The predicted molar refractivity (Wildman–Crippen MR) is 167 cm³/mol. The first kappa shape index (κ1) is 30.0. The van der Waals surface area contributed by atoms with E-state index in [-0.39, 0.29) is 11.6 Å². The summed E-state index contributed by atoms with van der Waals surface area (Å²) in [6.07, 6.45) is 0. The van der Waals surface area contributed by atoms with Gasteiger partial charge in [0.05, 0.1) is 11.4 Å². The Morgan fingerprint density at radius 1 is 0.884 bits per heavy atom. The number of hydrogen-bond donors (Lipinski definition) is 1. The average molecular weight is 602 g/mol. The normalized spacial score (nSPS) is 14.0. The van der Waals surface area contributed by atoms with Crippen molar-refractivity contribution in [2.24, 2.45) is 0 Å². The van der Waals surface area contributed by atoms with Crippen molar-refractivity contribution in [3.63, 3.8) is 0 Å². The van der Waals surface area contributed by atoms with E-state index in [1.807, 2.05) is 82.1 Å². The lowest BCUT2D eigenvalue weighted by molar-refractivity contribution is 0.0748. The fraction of sp³-hybridized carbons (Fsp3) is 0.312. The summed E-state index contributed by atoms with van der Waals surface area (Å²) in [5, 5.41) is 9.98. The van der Waals surface area contributed by atoms with Crippen LogP contribution in [0.15, 0.2) is 72.8 Å². The van der Waals surface area contributed by atoms with Crippen LogP contribution in [0.25, 0.3) is 21.9 Å². The van der Waals surface area contributed by atoms with Crippen molar-refractivity contribution in [3.8, 4) is 16.9 Å². The van der Waals surface area contributed by atoms with E-state index in [0.717, 1.165) is 27.6 Å². The molecular formula is C32H35N5O5S. The molecule has 0 radical (unpaired) electrons. The molecule has 1 saturated heterocycles. The van der Waals surface area contributed by atoms with Gasteiger partial charge in [0.1, 0.15) is 5.75 Å². The van der Waals surface area contributed by atoms with Gasteiger partial charge in [-0.05, 0) is 79.9 Å². The molecule has 0 atom stereocenters. The molecule has 0 unspecified atom stereocenters. The van der Waals surface area contributed by atoms with Crippen molar-refractivity contribution < 1.29 is 22.7 Å². The molecule has 1 aromatic heterocycles. The van der Waals surface area contributed by atoms with E-state index >= 15 is 0 Å². The van der Waals surface area contributed by atoms with Gasteiger partial charge in [0.15, 0.2) is 11.5 Å². The summed E-state index contributed by atoms with van der Waals surface area (Å²) in [6, 6.07) is 22.9. The van der Waals surface area contributed by atoms with Crippen LogP contribution < -0.4 is 14.4 Å². The third-order valence-electron chi connectivity index (χ3n) is 7.42. The molecule has 11 heteroatoms. The number of hydrogen-bond acceptors (Lipinski definition) is 8. The first-order chi connectivity index (χ1) is 20.5. The highest BCUT2D eigenvalue weighted by molar-refractivity contribution is 7.91. The largest absolute Gasteiger partial charge is 0.494 e. The Balaban J connectivity index is 1.28. The number of anilines is 1. The van der Waals surface area contributed by atoms with Crippen LogP contribution in [0.4, 0.5) is 5.82 Å². The first-order valence-corrected chi connectivity index (χ1v) is 15.7. The molecule has 224 valence electrons. The Morgan fingerprint density at radius 3 is 2.26 bits per heavy atom. The summed E-state index contributed by atoms with van der Waals surface area (Å²) in [5.74, 6) is 0.484. The van der Waals surface area contributed by atoms with Gasteiger partial charge in [-0.25, -0.2) is 13.1 Å². The van der Waals surface area contributed by atoms with Crippen molar-refractivity contribution >= 4 is 38.4 Å². The summed E-state index contributed by atoms with van der Waals surface area (Å²) >= 11 is 0. The molecule has 43 heavy (non-hydrogen) atoms. The highest BCUT2D eigenvalue weighted by atomic mass is 32.2. The molecule has 3 aromatic carbocycles. The van der Waals surface area contributed by atoms with E-state index in [4.69, 9.17) is 4.74 Å². The van der Waals surface area contributed by atoms with Crippen LogP contribution in [0.2, 0.25) is 0 Å². The highest BCUT2D eigenvalue weighted by Gasteiger charge is 2.31. The number of carbonyl (C=O) groups is 2. The monoisotopic (exact) mass is 601 g/mol. The zero-order valence-corrected chi connectivity index (χ0v) is 25.5. The number of rotatable bonds is 7. The number of nitrogens with one attached hydrogen (secondary N) is 1. The number of carbonyl (C=O) groups excluding carboxylic acids is 2. The second-order valence-electron chi connectivity index (χ2n) is 11.3. The van der Waals surface area contributed by atoms with Crippen LogP contribution in [0, 0.1) is 0 Å². The van der Waals surface area contributed by atoms with E-state index < -0.39 is 20.7 Å². The maximum Gasteiger partial charge on any atom is 0.285 e. The number of benzene rings is 3. The third-order valence-corrected chi connectivity index (χ3v) is 9.48. The molecule has 1 aliphatic rings.